The summed E-state index contributed by atoms with van der Waals surface area (Å²) in [5, 5.41) is 16.7. The number of aliphatic hydroxyl groups is 1. The van der Waals surface area contributed by atoms with Gasteiger partial charge in [-0.15, -0.1) is 0 Å². The molecule has 2 heterocycles. The van der Waals surface area contributed by atoms with Crippen LogP contribution in [0.4, 0.5) is 28.9 Å². The van der Waals surface area contributed by atoms with E-state index in [1.807, 2.05) is 4.90 Å². The number of halogens is 4. The van der Waals surface area contributed by atoms with Gasteiger partial charge in [0.1, 0.15) is 18.5 Å². The van der Waals surface area contributed by atoms with Crippen LogP contribution in [0.15, 0.2) is 47.4 Å². The second-order valence-corrected chi connectivity index (χ2v) is 12.7. The zero-order valence-corrected chi connectivity index (χ0v) is 25.4. The molecule has 44 heavy (non-hydrogen) atoms. The van der Waals surface area contributed by atoms with Crippen molar-refractivity contribution in [2.24, 2.45) is 0 Å². The summed E-state index contributed by atoms with van der Waals surface area (Å²) in [5.41, 5.74) is 1.40. The molecule has 0 aliphatic carbocycles. The fourth-order valence-corrected chi connectivity index (χ4v) is 5.86. The van der Waals surface area contributed by atoms with E-state index in [2.05, 4.69) is 22.5 Å². The lowest BCUT2D eigenvalue weighted by Gasteiger charge is -2.36. The van der Waals surface area contributed by atoms with Crippen molar-refractivity contribution in [1.82, 2.24) is 9.47 Å². The second-order valence-electron chi connectivity index (χ2n) is 10.7. The smallest absolute Gasteiger partial charge is 0.406 e. The number of anilines is 2. The van der Waals surface area contributed by atoms with Crippen LogP contribution >= 0.6 is 0 Å². The summed E-state index contributed by atoms with van der Waals surface area (Å²) in [6.07, 6.45) is -4.98. The number of alkyl halides is 4. The van der Waals surface area contributed by atoms with Crippen LogP contribution in [0.5, 0.6) is 5.75 Å². The Labute approximate surface area is 254 Å². The molecule has 4 rings (SSSR count). The second kappa shape index (κ2) is 14.1. The van der Waals surface area contributed by atoms with E-state index < -0.39 is 40.9 Å². The fourth-order valence-electron chi connectivity index (χ4n) is 5.22. The van der Waals surface area contributed by atoms with Crippen molar-refractivity contribution in [2.45, 2.75) is 42.4 Å². The number of nitrogens with zero attached hydrogens (tertiary/aromatic N) is 2. The lowest BCUT2D eigenvalue weighted by molar-refractivity contribution is -0.140. The lowest BCUT2D eigenvalue weighted by atomic mass is 10.0. The molecule has 0 bridgehead atoms. The third-order valence-corrected chi connectivity index (χ3v) is 8.37. The Balaban J connectivity index is 1.54. The molecule has 0 saturated carbocycles. The van der Waals surface area contributed by atoms with E-state index in [1.54, 1.807) is 24.3 Å². The Hall–Kier alpha value is -3.51. The fraction of sp³-hybridized carbons (Fsp3) is 0.467. The first-order valence-electron chi connectivity index (χ1n) is 13.9. The van der Waals surface area contributed by atoms with Crippen LogP contribution in [-0.2, 0) is 21.1 Å². The van der Waals surface area contributed by atoms with E-state index >= 15 is 4.39 Å². The van der Waals surface area contributed by atoms with Gasteiger partial charge in [-0.25, -0.2) is 12.8 Å². The van der Waals surface area contributed by atoms with Gasteiger partial charge in [0.25, 0.3) is 0 Å². The van der Waals surface area contributed by atoms with Crippen molar-refractivity contribution in [3.63, 3.8) is 0 Å². The van der Waals surface area contributed by atoms with Crippen LogP contribution < -0.4 is 15.4 Å². The van der Waals surface area contributed by atoms with Gasteiger partial charge in [0, 0.05) is 50.1 Å². The van der Waals surface area contributed by atoms with Gasteiger partial charge in [0.05, 0.1) is 54.2 Å². The molecule has 1 aliphatic heterocycles. The standard InChI is InChI=1S/C30H36F4N4O5S/c1-42-18-21(39)16-37-13-11-26(24(31)17-37)36-25-7-4-8-28-23(25)14-20(38(28)19-30(32,33)34)6-5-12-35-27-10-9-22(44(3,40)41)15-29(27)43-2/h4,7-10,14-15,21,24,26,35-36,39H,11-13,16-19H2,1-3H3/t21-,24-,26+/m0/s1. The Morgan fingerprint density at radius 1 is 1.16 bits per heavy atom. The first-order chi connectivity index (χ1) is 20.8. The molecule has 3 atom stereocenters. The monoisotopic (exact) mass is 640 g/mol. The highest BCUT2D eigenvalue weighted by Crippen LogP contribution is 2.32. The number of likely N-dealkylation sites (tertiary alicyclic amines) is 1. The van der Waals surface area contributed by atoms with Crippen molar-refractivity contribution in [1.29, 1.82) is 0 Å². The van der Waals surface area contributed by atoms with E-state index in [0.29, 0.717) is 35.2 Å². The lowest BCUT2D eigenvalue weighted by Crippen LogP contribution is -2.50. The molecular formula is C30H36F4N4O5S. The number of aliphatic hydroxyl groups excluding tert-OH is 1. The Kier molecular flexibility index (Phi) is 10.7. The number of aromatic nitrogens is 1. The van der Waals surface area contributed by atoms with Gasteiger partial charge in [-0.1, -0.05) is 12.0 Å². The highest BCUT2D eigenvalue weighted by molar-refractivity contribution is 7.90. The predicted octanol–water partition coefficient (Wildman–Crippen LogP) is 3.91. The van der Waals surface area contributed by atoms with Crippen molar-refractivity contribution in [3.8, 4) is 17.6 Å². The van der Waals surface area contributed by atoms with Crippen LogP contribution in [0.25, 0.3) is 10.9 Å². The minimum atomic E-state index is -4.51. The highest BCUT2D eigenvalue weighted by atomic mass is 32.2. The molecular weight excluding hydrogens is 604 g/mol. The molecule has 3 N–H and O–H groups in total. The van der Waals surface area contributed by atoms with Gasteiger partial charge >= 0.3 is 6.18 Å². The first-order valence-corrected chi connectivity index (χ1v) is 15.8. The molecule has 14 heteroatoms. The molecule has 9 nitrogen and oxygen atoms in total. The summed E-state index contributed by atoms with van der Waals surface area (Å²) >= 11 is 0. The largest absolute Gasteiger partial charge is 0.495 e. The average Bonchev–Trinajstić information content (AvgIpc) is 3.28. The zero-order valence-electron chi connectivity index (χ0n) is 24.6. The van der Waals surface area contributed by atoms with Crippen molar-refractivity contribution in [2.75, 3.05) is 63.9 Å². The summed E-state index contributed by atoms with van der Waals surface area (Å²) in [6.45, 7) is -0.141. The maximum Gasteiger partial charge on any atom is 0.406 e. The van der Waals surface area contributed by atoms with Gasteiger partial charge < -0.3 is 29.8 Å². The maximum absolute atomic E-state index is 15.2. The maximum atomic E-state index is 15.2. The van der Waals surface area contributed by atoms with Crippen molar-refractivity contribution in [3.05, 3.63) is 48.2 Å². The number of hydrogen-bond donors (Lipinski definition) is 3. The first kappa shape index (κ1) is 33.4. The van der Waals surface area contributed by atoms with Crippen molar-refractivity contribution >= 4 is 32.1 Å². The molecule has 240 valence electrons. The van der Waals surface area contributed by atoms with E-state index in [-0.39, 0.29) is 42.6 Å². The molecule has 0 unspecified atom stereocenters. The Morgan fingerprint density at radius 2 is 1.93 bits per heavy atom. The van der Waals surface area contributed by atoms with Crippen LogP contribution in [-0.4, -0.2) is 101 Å². The zero-order chi connectivity index (χ0) is 32.1. The molecule has 1 saturated heterocycles. The Morgan fingerprint density at radius 3 is 2.59 bits per heavy atom. The minimum absolute atomic E-state index is 0.0361. The number of sulfone groups is 1. The van der Waals surface area contributed by atoms with Crippen LogP contribution in [0.1, 0.15) is 12.1 Å². The molecule has 0 spiro atoms. The molecule has 2 aromatic carbocycles. The van der Waals surface area contributed by atoms with E-state index in [4.69, 9.17) is 9.47 Å². The number of methoxy groups -OCH3 is 2. The number of fused-ring (bicyclic) bond motifs is 1. The number of β-amino-alcohol motifs (C(OH)–C–C–N with tert-alkyl or cyclic N) is 1. The minimum Gasteiger partial charge on any atom is -0.495 e. The van der Waals surface area contributed by atoms with Gasteiger partial charge in [-0.3, -0.25) is 4.90 Å². The van der Waals surface area contributed by atoms with Crippen molar-refractivity contribution < 1.29 is 40.6 Å². The number of piperidine rings is 1. The van der Waals surface area contributed by atoms with Crippen LogP contribution in [0.2, 0.25) is 0 Å². The molecule has 1 fully saturated rings. The summed E-state index contributed by atoms with van der Waals surface area (Å²) in [4.78, 5) is 1.90. The van der Waals surface area contributed by atoms with Gasteiger partial charge in [0.2, 0.25) is 0 Å². The Bertz CT molecular complexity index is 1620. The molecule has 3 aromatic rings. The van der Waals surface area contributed by atoms with E-state index in [0.717, 1.165) is 10.8 Å². The number of rotatable bonds is 11. The summed E-state index contributed by atoms with van der Waals surface area (Å²) < 4.78 is 90.9. The predicted molar refractivity (Wildman–Crippen MR) is 161 cm³/mol. The van der Waals surface area contributed by atoms with Crippen LogP contribution in [0.3, 0.4) is 0 Å². The molecule has 1 aliphatic rings. The van der Waals surface area contributed by atoms with E-state index in [1.165, 1.54) is 32.4 Å². The number of benzene rings is 2. The van der Waals surface area contributed by atoms with Gasteiger partial charge in [-0.2, -0.15) is 13.2 Å². The topological polar surface area (TPSA) is 105 Å². The van der Waals surface area contributed by atoms with Gasteiger partial charge in [-0.05, 0) is 42.7 Å². The molecule has 0 radical (unpaired) electrons. The highest BCUT2D eigenvalue weighted by Gasteiger charge is 2.32. The normalized spacial score (nSPS) is 18.5. The van der Waals surface area contributed by atoms with E-state index in [9.17, 15) is 26.7 Å². The number of nitrogens with one attached hydrogen (secondary N) is 2. The quantitative estimate of drug-likeness (QED) is 0.214. The third kappa shape index (κ3) is 8.56. The number of hydrogen-bond acceptors (Lipinski definition) is 8. The summed E-state index contributed by atoms with van der Waals surface area (Å²) in [5.74, 6) is 5.92. The molecule has 0 amide bonds. The third-order valence-electron chi connectivity index (χ3n) is 7.26. The average molecular weight is 641 g/mol. The van der Waals surface area contributed by atoms with Gasteiger partial charge in [0.15, 0.2) is 9.84 Å². The summed E-state index contributed by atoms with van der Waals surface area (Å²) in [7, 11) is -0.571. The SMILES string of the molecule is COC[C@@H](O)CN1CC[C@@H](Nc2cccc3c2cc(C#CCNc2ccc(S(C)(=O)=O)cc2OC)n3CC(F)(F)F)[C@@H](F)C1. The molecule has 1 aromatic heterocycles. The number of ether oxygens (including phenoxy) is 2. The summed E-state index contributed by atoms with van der Waals surface area (Å²) in [6, 6.07) is 10.2. The van der Waals surface area contributed by atoms with Crippen LogP contribution in [0, 0.1) is 11.8 Å².